The zero-order valence-electron chi connectivity index (χ0n) is 13.8. The van der Waals surface area contributed by atoms with Gasteiger partial charge >= 0.3 is 0 Å². The standard InChI is InChI=1S/C19H36/c1-4-6-8-10-11-12-13-14-16-18-19(3)17-15-9-7-5-2/h19H,4-5,7,9-18H2,1-3H3. The summed E-state index contributed by atoms with van der Waals surface area (Å²) in [6.07, 6.45) is 17.7. The molecule has 0 aromatic carbocycles. The van der Waals surface area contributed by atoms with E-state index in [2.05, 4.69) is 32.6 Å². The van der Waals surface area contributed by atoms with Gasteiger partial charge in [-0.2, -0.15) is 0 Å². The van der Waals surface area contributed by atoms with E-state index in [-0.39, 0.29) is 0 Å². The van der Waals surface area contributed by atoms with Gasteiger partial charge in [-0.25, -0.2) is 0 Å². The van der Waals surface area contributed by atoms with Gasteiger partial charge in [0.1, 0.15) is 0 Å². The van der Waals surface area contributed by atoms with Crippen molar-refractivity contribution in [1.82, 2.24) is 0 Å². The maximum absolute atomic E-state index is 3.23. The molecule has 0 amide bonds. The minimum atomic E-state index is 0.951. The third-order valence-electron chi connectivity index (χ3n) is 3.85. The van der Waals surface area contributed by atoms with Gasteiger partial charge in [0.2, 0.25) is 0 Å². The molecule has 0 aromatic heterocycles. The molecule has 0 heterocycles. The molecule has 0 fully saturated rings. The Morgan fingerprint density at radius 1 is 0.684 bits per heavy atom. The van der Waals surface area contributed by atoms with E-state index in [1.807, 2.05) is 0 Å². The van der Waals surface area contributed by atoms with Crippen LogP contribution >= 0.6 is 0 Å². The fourth-order valence-electron chi connectivity index (χ4n) is 2.51. The second-order valence-electron chi connectivity index (χ2n) is 5.97. The van der Waals surface area contributed by atoms with Crippen molar-refractivity contribution in [2.45, 2.75) is 104 Å². The van der Waals surface area contributed by atoms with Crippen molar-refractivity contribution in [3.8, 4) is 11.8 Å². The fourth-order valence-corrected chi connectivity index (χ4v) is 2.51. The Labute approximate surface area is 122 Å². The Balaban J connectivity index is 3.16. The second kappa shape index (κ2) is 15.6. The van der Waals surface area contributed by atoms with Gasteiger partial charge < -0.3 is 0 Å². The largest absolute Gasteiger partial charge is 0.104 e. The van der Waals surface area contributed by atoms with Crippen LogP contribution in [0.4, 0.5) is 0 Å². The predicted molar refractivity (Wildman–Crippen MR) is 88.3 cm³/mol. The monoisotopic (exact) mass is 264 g/mol. The van der Waals surface area contributed by atoms with Gasteiger partial charge in [-0.15, -0.1) is 11.8 Å². The molecule has 112 valence electrons. The summed E-state index contributed by atoms with van der Waals surface area (Å²) < 4.78 is 0. The van der Waals surface area contributed by atoms with E-state index in [4.69, 9.17) is 0 Å². The summed E-state index contributed by atoms with van der Waals surface area (Å²) >= 11 is 0. The molecule has 1 unspecified atom stereocenters. The molecule has 0 heteroatoms. The summed E-state index contributed by atoms with van der Waals surface area (Å²) in [5, 5.41) is 0. The van der Waals surface area contributed by atoms with Gasteiger partial charge in [-0.1, -0.05) is 85.0 Å². The van der Waals surface area contributed by atoms with Gasteiger partial charge in [0, 0.05) is 12.8 Å². The quantitative estimate of drug-likeness (QED) is 0.270. The lowest BCUT2D eigenvalue weighted by molar-refractivity contribution is 0.434. The van der Waals surface area contributed by atoms with Crippen LogP contribution < -0.4 is 0 Å². The summed E-state index contributed by atoms with van der Waals surface area (Å²) in [7, 11) is 0. The van der Waals surface area contributed by atoms with E-state index in [1.54, 1.807) is 0 Å². The topological polar surface area (TPSA) is 0 Å². The third kappa shape index (κ3) is 15.5. The molecular formula is C19H36. The van der Waals surface area contributed by atoms with Crippen LogP contribution in [0, 0.1) is 17.8 Å². The lowest BCUT2D eigenvalue weighted by atomic mass is 9.96. The van der Waals surface area contributed by atoms with Crippen molar-refractivity contribution in [1.29, 1.82) is 0 Å². The normalized spacial score (nSPS) is 11.9. The number of hydrogen-bond donors (Lipinski definition) is 0. The molecule has 0 aliphatic heterocycles. The first kappa shape index (κ1) is 18.6. The molecule has 0 saturated carbocycles. The SMILES string of the molecule is CCC#CCCCCCCCC(C)CCCCCC. The summed E-state index contributed by atoms with van der Waals surface area (Å²) in [6, 6.07) is 0. The van der Waals surface area contributed by atoms with E-state index in [9.17, 15) is 0 Å². The number of hydrogen-bond acceptors (Lipinski definition) is 0. The van der Waals surface area contributed by atoms with E-state index in [0.29, 0.717) is 0 Å². The summed E-state index contributed by atoms with van der Waals surface area (Å²) in [5.74, 6) is 7.32. The smallest absolute Gasteiger partial charge is 0.00886 e. The molecule has 0 N–H and O–H groups in total. The molecule has 0 radical (unpaired) electrons. The van der Waals surface area contributed by atoms with Crippen LogP contribution in [0.5, 0.6) is 0 Å². The average molecular weight is 264 g/mol. The second-order valence-corrected chi connectivity index (χ2v) is 5.97. The Bertz CT molecular complexity index is 218. The Kier molecular flexibility index (Phi) is 15.3. The van der Waals surface area contributed by atoms with E-state index in [1.165, 1.54) is 70.6 Å². The molecule has 0 aliphatic carbocycles. The molecule has 0 bridgehead atoms. The minimum Gasteiger partial charge on any atom is -0.104 e. The first-order chi connectivity index (χ1) is 9.31. The number of rotatable bonds is 12. The molecule has 0 saturated heterocycles. The minimum absolute atomic E-state index is 0.951. The highest BCUT2D eigenvalue weighted by Gasteiger charge is 2.01. The van der Waals surface area contributed by atoms with Crippen LogP contribution in [0.3, 0.4) is 0 Å². The van der Waals surface area contributed by atoms with Crippen LogP contribution in [0.15, 0.2) is 0 Å². The maximum Gasteiger partial charge on any atom is 0.00886 e. The third-order valence-corrected chi connectivity index (χ3v) is 3.85. The van der Waals surface area contributed by atoms with Gasteiger partial charge in [0.25, 0.3) is 0 Å². The Morgan fingerprint density at radius 2 is 1.26 bits per heavy atom. The van der Waals surface area contributed by atoms with Crippen LogP contribution in [-0.4, -0.2) is 0 Å². The lowest BCUT2D eigenvalue weighted by Gasteiger charge is -2.10. The molecule has 0 spiro atoms. The van der Waals surface area contributed by atoms with Crippen molar-refractivity contribution in [3.05, 3.63) is 0 Å². The lowest BCUT2D eigenvalue weighted by Crippen LogP contribution is -1.95. The van der Waals surface area contributed by atoms with Crippen molar-refractivity contribution in [2.75, 3.05) is 0 Å². The summed E-state index contributed by atoms with van der Waals surface area (Å²) in [4.78, 5) is 0. The van der Waals surface area contributed by atoms with E-state index < -0.39 is 0 Å². The molecule has 0 aromatic rings. The van der Waals surface area contributed by atoms with Gasteiger partial charge in [-0.05, 0) is 12.3 Å². The molecule has 0 aliphatic rings. The zero-order valence-corrected chi connectivity index (χ0v) is 13.8. The maximum atomic E-state index is 3.23. The molecule has 1 atom stereocenters. The first-order valence-corrected chi connectivity index (χ1v) is 8.77. The fraction of sp³-hybridized carbons (Fsp3) is 0.895. The zero-order chi connectivity index (χ0) is 14.2. The molecule has 0 rings (SSSR count). The molecule has 19 heavy (non-hydrogen) atoms. The van der Waals surface area contributed by atoms with E-state index in [0.717, 1.165) is 18.8 Å². The van der Waals surface area contributed by atoms with Crippen LogP contribution in [0.2, 0.25) is 0 Å². The highest BCUT2D eigenvalue weighted by Crippen LogP contribution is 2.17. The van der Waals surface area contributed by atoms with E-state index >= 15 is 0 Å². The van der Waals surface area contributed by atoms with Crippen molar-refractivity contribution < 1.29 is 0 Å². The highest BCUT2D eigenvalue weighted by atomic mass is 14.1. The predicted octanol–water partition coefficient (Wildman–Crippen LogP) is 6.74. The molecule has 0 nitrogen and oxygen atoms in total. The van der Waals surface area contributed by atoms with Crippen molar-refractivity contribution in [2.24, 2.45) is 5.92 Å². The summed E-state index contributed by atoms with van der Waals surface area (Å²) in [6.45, 7) is 6.85. The summed E-state index contributed by atoms with van der Waals surface area (Å²) in [5.41, 5.74) is 0. The highest BCUT2D eigenvalue weighted by molar-refractivity contribution is 4.97. The van der Waals surface area contributed by atoms with Gasteiger partial charge in [-0.3, -0.25) is 0 Å². The van der Waals surface area contributed by atoms with Crippen LogP contribution in [0.25, 0.3) is 0 Å². The van der Waals surface area contributed by atoms with Crippen molar-refractivity contribution >= 4 is 0 Å². The first-order valence-electron chi connectivity index (χ1n) is 8.77. The van der Waals surface area contributed by atoms with Gasteiger partial charge in [0.05, 0.1) is 0 Å². The Hall–Kier alpha value is -0.440. The van der Waals surface area contributed by atoms with Crippen LogP contribution in [-0.2, 0) is 0 Å². The Morgan fingerprint density at radius 3 is 1.89 bits per heavy atom. The van der Waals surface area contributed by atoms with Crippen molar-refractivity contribution in [3.63, 3.8) is 0 Å². The molecular weight excluding hydrogens is 228 g/mol. The van der Waals surface area contributed by atoms with Crippen LogP contribution in [0.1, 0.15) is 104 Å². The average Bonchev–Trinajstić information content (AvgIpc) is 2.42. The number of unbranched alkanes of at least 4 members (excludes halogenated alkanes) is 8. The van der Waals surface area contributed by atoms with Gasteiger partial charge in [0.15, 0.2) is 0 Å².